The van der Waals surface area contributed by atoms with Crippen LogP contribution < -0.4 is 10.6 Å². The summed E-state index contributed by atoms with van der Waals surface area (Å²) in [7, 11) is 0. The van der Waals surface area contributed by atoms with Crippen molar-refractivity contribution in [3.8, 4) is 0 Å². The van der Waals surface area contributed by atoms with E-state index in [1.807, 2.05) is 25.1 Å². The van der Waals surface area contributed by atoms with Crippen LogP contribution in [0, 0.1) is 6.92 Å². The normalized spacial score (nSPS) is 12.2. The Kier molecular flexibility index (Phi) is 4.94. The third-order valence-corrected chi connectivity index (χ3v) is 4.94. The van der Waals surface area contributed by atoms with Gasteiger partial charge >= 0.3 is 0 Å². The third kappa shape index (κ3) is 3.80. The number of fused-ring (bicyclic) bond motifs is 1. The van der Waals surface area contributed by atoms with Crippen molar-refractivity contribution in [2.45, 2.75) is 19.9 Å². The van der Waals surface area contributed by atoms with Gasteiger partial charge in [0.05, 0.1) is 25.9 Å². The maximum absolute atomic E-state index is 12.3. The van der Waals surface area contributed by atoms with Gasteiger partial charge in [0.25, 0.3) is 0 Å². The van der Waals surface area contributed by atoms with Crippen LogP contribution in [-0.2, 0) is 4.79 Å². The van der Waals surface area contributed by atoms with E-state index in [1.165, 1.54) is 0 Å². The van der Waals surface area contributed by atoms with Gasteiger partial charge in [0.15, 0.2) is 0 Å². The van der Waals surface area contributed by atoms with Gasteiger partial charge in [-0.2, -0.15) is 0 Å². The number of nitrogens with one attached hydrogen (secondary N) is 2. The molecule has 3 rings (SSSR count). The predicted molar refractivity (Wildman–Crippen MR) is 103 cm³/mol. The van der Waals surface area contributed by atoms with Crippen molar-refractivity contribution in [2.24, 2.45) is 0 Å². The molecule has 0 saturated carbocycles. The Labute approximate surface area is 153 Å². The van der Waals surface area contributed by atoms with Gasteiger partial charge in [0, 0.05) is 10.7 Å². The number of thiazole rings is 1. The zero-order valence-corrected chi connectivity index (χ0v) is 15.4. The number of nitrogens with zero attached hydrogens (tertiary/aromatic N) is 1. The molecule has 24 heavy (non-hydrogen) atoms. The van der Waals surface area contributed by atoms with Crippen molar-refractivity contribution in [1.29, 1.82) is 0 Å². The molecular weight excluding hydrogens is 365 g/mol. The van der Waals surface area contributed by atoms with E-state index in [2.05, 4.69) is 15.6 Å². The highest BCUT2D eigenvalue weighted by Crippen LogP contribution is 2.27. The molecule has 0 radical (unpaired) electrons. The van der Waals surface area contributed by atoms with Crippen LogP contribution in [0.1, 0.15) is 11.9 Å². The average molecular weight is 380 g/mol. The van der Waals surface area contributed by atoms with Gasteiger partial charge in [-0.1, -0.05) is 23.2 Å². The fraction of sp³-hybridized carbons (Fsp3) is 0.176. The minimum absolute atomic E-state index is 0.181. The molecule has 2 N–H and O–H groups in total. The van der Waals surface area contributed by atoms with Crippen molar-refractivity contribution in [1.82, 2.24) is 4.98 Å². The second-order valence-electron chi connectivity index (χ2n) is 5.39. The summed E-state index contributed by atoms with van der Waals surface area (Å²) in [6.45, 7) is 3.77. The predicted octanol–water partition coefficient (Wildman–Crippen LogP) is 5.35. The molecule has 7 heteroatoms. The van der Waals surface area contributed by atoms with Gasteiger partial charge in [-0.25, -0.2) is 4.98 Å². The maximum atomic E-state index is 12.3. The molecule has 0 bridgehead atoms. The quantitative estimate of drug-likeness (QED) is 0.642. The summed E-state index contributed by atoms with van der Waals surface area (Å²) in [5, 5.41) is 7.94. The van der Waals surface area contributed by atoms with E-state index in [1.54, 1.807) is 36.5 Å². The fourth-order valence-corrected chi connectivity index (χ4v) is 3.60. The summed E-state index contributed by atoms with van der Waals surface area (Å²) in [6.07, 6.45) is 0. The summed E-state index contributed by atoms with van der Waals surface area (Å²) in [6, 6.07) is 10.4. The molecular formula is C17H15Cl2N3OS. The highest BCUT2D eigenvalue weighted by atomic mass is 35.5. The maximum Gasteiger partial charge on any atom is 0.246 e. The lowest BCUT2D eigenvalue weighted by Crippen LogP contribution is -2.31. The van der Waals surface area contributed by atoms with Gasteiger partial charge in [0.2, 0.25) is 5.91 Å². The van der Waals surface area contributed by atoms with Gasteiger partial charge in [-0.15, -0.1) is 11.3 Å². The van der Waals surface area contributed by atoms with E-state index >= 15 is 0 Å². The minimum Gasteiger partial charge on any atom is -0.374 e. The summed E-state index contributed by atoms with van der Waals surface area (Å²) in [5.74, 6) is -0.181. The fourth-order valence-electron chi connectivity index (χ4n) is 2.28. The smallest absolute Gasteiger partial charge is 0.246 e. The summed E-state index contributed by atoms with van der Waals surface area (Å²) >= 11 is 13.6. The average Bonchev–Trinajstić information content (AvgIpc) is 2.89. The standard InChI is InChI=1S/C17H15Cl2N3OS/c1-9(17(23)22-14-5-3-11(18)7-13(14)19)20-12-4-6-15-16(8-12)24-10(2)21-15/h3-9,20H,1-2H3,(H,22,23). The second-order valence-corrected chi connectivity index (χ2v) is 7.47. The molecule has 3 aromatic rings. The molecule has 0 fully saturated rings. The van der Waals surface area contributed by atoms with Crippen molar-refractivity contribution in [3.05, 3.63) is 51.5 Å². The number of anilines is 2. The van der Waals surface area contributed by atoms with Gasteiger partial charge < -0.3 is 10.6 Å². The van der Waals surface area contributed by atoms with E-state index in [0.717, 1.165) is 20.9 Å². The Morgan fingerprint density at radius 2 is 2.00 bits per heavy atom. The first-order valence-corrected chi connectivity index (χ1v) is 8.89. The lowest BCUT2D eigenvalue weighted by molar-refractivity contribution is -0.116. The van der Waals surface area contributed by atoms with Crippen LogP contribution in [0.2, 0.25) is 10.0 Å². The molecule has 1 amide bonds. The Morgan fingerprint density at radius 1 is 1.21 bits per heavy atom. The van der Waals surface area contributed by atoms with E-state index < -0.39 is 6.04 Å². The molecule has 1 heterocycles. The number of hydrogen-bond acceptors (Lipinski definition) is 4. The van der Waals surface area contributed by atoms with E-state index in [0.29, 0.717) is 15.7 Å². The number of carbonyl (C=O) groups is 1. The van der Waals surface area contributed by atoms with Crippen LogP contribution >= 0.6 is 34.5 Å². The Morgan fingerprint density at radius 3 is 2.75 bits per heavy atom. The molecule has 1 unspecified atom stereocenters. The highest BCUT2D eigenvalue weighted by molar-refractivity contribution is 7.18. The van der Waals surface area contributed by atoms with E-state index in [4.69, 9.17) is 23.2 Å². The Balaban J connectivity index is 1.70. The van der Waals surface area contributed by atoms with Crippen LogP contribution in [0.25, 0.3) is 10.2 Å². The van der Waals surface area contributed by atoms with Gasteiger partial charge in [0.1, 0.15) is 6.04 Å². The lowest BCUT2D eigenvalue weighted by atomic mass is 10.2. The number of hydrogen-bond donors (Lipinski definition) is 2. The Hall–Kier alpha value is -1.82. The summed E-state index contributed by atoms with van der Waals surface area (Å²) in [5.41, 5.74) is 2.37. The molecule has 1 aromatic heterocycles. The zero-order valence-electron chi connectivity index (χ0n) is 13.1. The summed E-state index contributed by atoms with van der Waals surface area (Å²) in [4.78, 5) is 16.8. The van der Waals surface area contributed by atoms with Crippen molar-refractivity contribution in [3.63, 3.8) is 0 Å². The molecule has 0 aliphatic rings. The van der Waals surface area contributed by atoms with E-state index in [-0.39, 0.29) is 5.91 Å². The van der Waals surface area contributed by atoms with Crippen molar-refractivity contribution < 1.29 is 4.79 Å². The topological polar surface area (TPSA) is 54.0 Å². The number of benzene rings is 2. The first-order valence-electron chi connectivity index (χ1n) is 7.32. The monoisotopic (exact) mass is 379 g/mol. The van der Waals surface area contributed by atoms with Crippen LogP contribution in [-0.4, -0.2) is 16.9 Å². The Bertz CT molecular complexity index is 910. The first-order chi connectivity index (χ1) is 11.4. The van der Waals surface area contributed by atoms with Crippen LogP contribution in [0.15, 0.2) is 36.4 Å². The highest BCUT2D eigenvalue weighted by Gasteiger charge is 2.15. The molecule has 0 aliphatic heterocycles. The second kappa shape index (κ2) is 6.97. The summed E-state index contributed by atoms with van der Waals surface area (Å²) < 4.78 is 1.09. The number of rotatable bonds is 4. The number of aromatic nitrogens is 1. The SMILES string of the molecule is Cc1nc2ccc(NC(C)C(=O)Nc3ccc(Cl)cc3Cl)cc2s1. The van der Waals surface area contributed by atoms with Crippen LogP contribution in [0.3, 0.4) is 0 Å². The molecule has 0 saturated heterocycles. The first kappa shape index (κ1) is 17.0. The van der Waals surface area contributed by atoms with Crippen molar-refractivity contribution in [2.75, 3.05) is 10.6 Å². The molecule has 0 aliphatic carbocycles. The molecule has 124 valence electrons. The van der Waals surface area contributed by atoms with Crippen molar-refractivity contribution >= 4 is 62.0 Å². The number of aryl methyl sites for hydroxylation is 1. The third-order valence-electron chi connectivity index (χ3n) is 3.46. The van der Waals surface area contributed by atoms with Gasteiger partial charge in [-0.05, 0) is 50.2 Å². The molecule has 1 atom stereocenters. The van der Waals surface area contributed by atoms with Crippen LogP contribution in [0.5, 0.6) is 0 Å². The number of carbonyl (C=O) groups excluding carboxylic acids is 1. The zero-order chi connectivity index (χ0) is 17.3. The lowest BCUT2D eigenvalue weighted by Gasteiger charge is -2.16. The van der Waals surface area contributed by atoms with Gasteiger partial charge in [-0.3, -0.25) is 4.79 Å². The largest absolute Gasteiger partial charge is 0.374 e. The number of halogens is 2. The van der Waals surface area contributed by atoms with E-state index in [9.17, 15) is 4.79 Å². The molecule has 2 aromatic carbocycles. The van der Waals surface area contributed by atoms with Crippen LogP contribution in [0.4, 0.5) is 11.4 Å². The molecule has 0 spiro atoms. The number of amides is 1. The molecule has 4 nitrogen and oxygen atoms in total. The minimum atomic E-state index is -0.428.